The Hall–Kier alpha value is -3.26. The molecule has 1 aliphatic rings. The number of amidine groups is 1. The fraction of sp³-hybridized carbons (Fsp3) is 0.227. The van der Waals surface area contributed by atoms with Crippen molar-refractivity contribution < 1.29 is 19.1 Å². The third kappa shape index (κ3) is 5.01. The van der Waals surface area contributed by atoms with Gasteiger partial charge in [-0.1, -0.05) is 0 Å². The van der Waals surface area contributed by atoms with Gasteiger partial charge in [-0.05, 0) is 61.2 Å². The summed E-state index contributed by atoms with van der Waals surface area (Å²) in [5.74, 6) is 0.0855. The lowest BCUT2D eigenvalue weighted by atomic mass is 10.1. The molecule has 1 heterocycles. The molecule has 0 aliphatic carbocycles. The van der Waals surface area contributed by atoms with E-state index in [0.29, 0.717) is 33.7 Å². The van der Waals surface area contributed by atoms with Crippen LogP contribution in [-0.2, 0) is 9.53 Å². The second-order valence-electron chi connectivity index (χ2n) is 6.57. The third-order valence-electron chi connectivity index (χ3n) is 4.28. The van der Waals surface area contributed by atoms with Gasteiger partial charge in [-0.25, -0.2) is 9.79 Å². The highest BCUT2D eigenvalue weighted by molar-refractivity contribution is 8.18. The standard InChI is InChI=1S/C22H23N3O4S/c1-5-29-21(27)14-6-9-16(10-7-14)23-22-24-20(26)19(30-22)12-15-8-11-17(25(2)3)13-18(15)28-4/h6-13H,5H2,1-4H3,(H,23,24,26)/b19-12+. The van der Waals surface area contributed by atoms with Crippen molar-refractivity contribution in [3.63, 3.8) is 0 Å². The number of rotatable bonds is 6. The molecular formula is C22H23N3O4S. The zero-order valence-electron chi connectivity index (χ0n) is 17.3. The molecule has 0 unspecified atom stereocenters. The first kappa shape index (κ1) is 21.4. The van der Waals surface area contributed by atoms with Crippen molar-refractivity contribution in [3.05, 3.63) is 58.5 Å². The van der Waals surface area contributed by atoms with Crippen LogP contribution in [0.4, 0.5) is 11.4 Å². The van der Waals surface area contributed by atoms with Crippen LogP contribution in [0, 0.1) is 0 Å². The van der Waals surface area contributed by atoms with Crippen LogP contribution in [-0.4, -0.2) is 44.9 Å². The van der Waals surface area contributed by atoms with Crippen LogP contribution < -0.4 is 15.0 Å². The summed E-state index contributed by atoms with van der Waals surface area (Å²) in [6, 6.07) is 12.5. The van der Waals surface area contributed by atoms with Crippen molar-refractivity contribution >= 4 is 46.3 Å². The molecule has 2 aromatic rings. The second-order valence-corrected chi connectivity index (χ2v) is 7.60. The maximum Gasteiger partial charge on any atom is 0.338 e. The molecule has 0 radical (unpaired) electrons. The second kappa shape index (κ2) is 9.49. The SMILES string of the molecule is CCOC(=O)c1ccc(N=C2NC(=O)/C(=C\c3ccc(N(C)C)cc3OC)S2)cc1. The molecule has 0 atom stereocenters. The average Bonchev–Trinajstić information content (AvgIpc) is 3.07. The number of methoxy groups -OCH3 is 1. The molecule has 0 spiro atoms. The number of benzene rings is 2. The summed E-state index contributed by atoms with van der Waals surface area (Å²) in [6.07, 6.45) is 1.78. The fourth-order valence-corrected chi connectivity index (χ4v) is 3.56. The van der Waals surface area contributed by atoms with E-state index in [9.17, 15) is 9.59 Å². The maximum absolute atomic E-state index is 12.4. The Morgan fingerprint density at radius 2 is 1.93 bits per heavy atom. The first-order valence-electron chi connectivity index (χ1n) is 9.33. The van der Waals surface area contributed by atoms with Gasteiger partial charge in [-0.15, -0.1) is 0 Å². The van der Waals surface area contributed by atoms with E-state index in [4.69, 9.17) is 9.47 Å². The smallest absolute Gasteiger partial charge is 0.338 e. The summed E-state index contributed by atoms with van der Waals surface area (Å²) in [4.78, 5) is 31.1. The molecule has 0 aromatic heterocycles. The first-order valence-corrected chi connectivity index (χ1v) is 10.1. The van der Waals surface area contributed by atoms with Crippen molar-refractivity contribution in [1.29, 1.82) is 0 Å². The third-order valence-corrected chi connectivity index (χ3v) is 5.19. The zero-order valence-corrected chi connectivity index (χ0v) is 18.1. The lowest BCUT2D eigenvalue weighted by Crippen LogP contribution is -2.19. The van der Waals surface area contributed by atoms with Crippen molar-refractivity contribution in [1.82, 2.24) is 5.32 Å². The van der Waals surface area contributed by atoms with E-state index in [0.717, 1.165) is 11.3 Å². The van der Waals surface area contributed by atoms with Crippen molar-refractivity contribution in [2.45, 2.75) is 6.92 Å². The van der Waals surface area contributed by atoms with Crippen LogP contribution in [0.5, 0.6) is 5.75 Å². The maximum atomic E-state index is 12.4. The number of aliphatic imine (C=N–C) groups is 1. The van der Waals surface area contributed by atoms with Crippen LogP contribution in [0.15, 0.2) is 52.4 Å². The molecule has 156 valence electrons. The normalized spacial score (nSPS) is 15.9. The van der Waals surface area contributed by atoms with Gasteiger partial charge in [0.2, 0.25) is 0 Å². The molecule has 0 bridgehead atoms. The Labute approximate surface area is 179 Å². The Morgan fingerprint density at radius 3 is 2.57 bits per heavy atom. The zero-order chi connectivity index (χ0) is 21.7. The van der Waals surface area contributed by atoms with Crippen LogP contribution in [0.3, 0.4) is 0 Å². The van der Waals surface area contributed by atoms with Gasteiger partial charge in [0.05, 0.1) is 29.9 Å². The number of nitrogens with one attached hydrogen (secondary N) is 1. The minimum Gasteiger partial charge on any atom is -0.496 e. The van der Waals surface area contributed by atoms with Gasteiger partial charge in [0.15, 0.2) is 5.17 Å². The lowest BCUT2D eigenvalue weighted by molar-refractivity contribution is -0.115. The Bertz CT molecular complexity index is 1010. The summed E-state index contributed by atoms with van der Waals surface area (Å²) in [5.41, 5.74) is 2.89. The van der Waals surface area contributed by atoms with E-state index in [-0.39, 0.29) is 11.9 Å². The van der Waals surface area contributed by atoms with E-state index < -0.39 is 0 Å². The van der Waals surface area contributed by atoms with Gasteiger partial charge >= 0.3 is 5.97 Å². The molecule has 1 fully saturated rings. The molecular weight excluding hydrogens is 402 g/mol. The predicted molar refractivity (Wildman–Crippen MR) is 121 cm³/mol. The number of hydrogen-bond donors (Lipinski definition) is 1. The summed E-state index contributed by atoms with van der Waals surface area (Å²) < 4.78 is 10.4. The first-order chi connectivity index (χ1) is 14.4. The van der Waals surface area contributed by atoms with E-state index in [2.05, 4.69) is 10.3 Å². The average molecular weight is 426 g/mol. The van der Waals surface area contributed by atoms with E-state index in [1.54, 1.807) is 44.4 Å². The van der Waals surface area contributed by atoms with Crippen LogP contribution in [0.2, 0.25) is 0 Å². The Morgan fingerprint density at radius 1 is 1.20 bits per heavy atom. The van der Waals surface area contributed by atoms with Crippen molar-refractivity contribution in [2.24, 2.45) is 4.99 Å². The molecule has 1 saturated heterocycles. The van der Waals surface area contributed by atoms with E-state index in [1.807, 2.05) is 37.2 Å². The number of amides is 1. The highest BCUT2D eigenvalue weighted by Gasteiger charge is 2.24. The molecule has 1 aliphatic heterocycles. The Balaban J connectivity index is 1.78. The van der Waals surface area contributed by atoms with Gasteiger partial charge in [0.1, 0.15) is 5.75 Å². The summed E-state index contributed by atoms with van der Waals surface area (Å²) in [7, 11) is 5.51. The number of carbonyl (C=O) groups is 2. The molecule has 30 heavy (non-hydrogen) atoms. The van der Waals surface area contributed by atoms with Crippen molar-refractivity contribution in [3.8, 4) is 5.75 Å². The minimum atomic E-state index is -0.375. The summed E-state index contributed by atoms with van der Waals surface area (Å²) >= 11 is 1.25. The van der Waals surface area contributed by atoms with Crippen molar-refractivity contribution in [2.75, 3.05) is 32.7 Å². The van der Waals surface area contributed by atoms with E-state index in [1.165, 1.54) is 11.8 Å². The van der Waals surface area contributed by atoms with E-state index >= 15 is 0 Å². The number of anilines is 1. The van der Waals surface area contributed by atoms with Crippen LogP contribution >= 0.6 is 11.8 Å². The predicted octanol–water partition coefficient (Wildman–Crippen LogP) is 3.83. The van der Waals surface area contributed by atoms with Gasteiger partial charge in [-0.2, -0.15) is 0 Å². The van der Waals surface area contributed by atoms with Gasteiger partial charge < -0.3 is 19.7 Å². The fourth-order valence-electron chi connectivity index (χ4n) is 2.72. The number of thioether (sulfide) groups is 1. The molecule has 1 N–H and O–H groups in total. The largest absolute Gasteiger partial charge is 0.496 e. The summed E-state index contributed by atoms with van der Waals surface area (Å²) in [6.45, 7) is 2.08. The topological polar surface area (TPSA) is 80.2 Å². The number of carbonyl (C=O) groups excluding carboxylic acids is 2. The highest BCUT2D eigenvalue weighted by Crippen LogP contribution is 2.32. The molecule has 7 nitrogen and oxygen atoms in total. The molecule has 2 aromatic carbocycles. The molecule has 1 amide bonds. The Kier molecular flexibility index (Phi) is 6.79. The minimum absolute atomic E-state index is 0.222. The van der Waals surface area contributed by atoms with Gasteiger partial charge in [0, 0.05) is 31.4 Å². The lowest BCUT2D eigenvalue weighted by Gasteiger charge is -2.15. The van der Waals surface area contributed by atoms with Gasteiger partial charge in [0.25, 0.3) is 5.91 Å². The molecule has 3 rings (SSSR count). The number of nitrogens with zero attached hydrogens (tertiary/aromatic N) is 2. The highest BCUT2D eigenvalue weighted by atomic mass is 32.2. The monoisotopic (exact) mass is 425 g/mol. The number of ether oxygens (including phenoxy) is 2. The van der Waals surface area contributed by atoms with Gasteiger partial charge in [-0.3, -0.25) is 4.79 Å². The number of esters is 1. The quantitative estimate of drug-likeness (QED) is 0.560. The van der Waals surface area contributed by atoms with Crippen LogP contribution in [0.25, 0.3) is 6.08 Å². The summed E-state index contributed by atoms with van der Waals surface area (Å²) in [5, 5.41) is 3.23. The molecule has 8 heteroatoms. The number of hydrogen-bond acceptors (Lipinski definition) is 7. The molecule has 0 saturated carbocycles. The van der Waals surface area contributed by atoms with Crippen LogP contribution in [0.1, 0.15) is 22.8 Å².